The molecule has 0 atom stereocenters. The summed E-state index contributed by atoms with van der Waals surface area (Å²) in [6.45, 7) is 2.20. The van der Waals surface area contributed by atoms with E-state index in [-0.39, 0.29) is 0 Å². The molecule has 0 heterocycles. The molecule has 1 saturated carbocycles. The lowest BCUT2D eigenvalue weighted by Crippen LogP contribution is -1.76. The van der Waals surface area contributed by atoms with Crippen LogP contribution in [0.1, 0.15) is 64.7 Å². The average molecular weight is 183 g/mol. The van der Waals surface area contributed by atoms with E-state index in [1.165, 1.54) is 51.4 Å². The van der Waals surface area contributed by atoms with Gasteiger partial charge in [-0.05, 0) is 19.0 Å². The van der Waals surface area contributed by atoms with Gasteiger partial charge in [0.05, 0.1) is 0 Å². The molecule has 0 aliphatic heterocycles. The maximum absolute atomic E-state index is 5.13. The molecule has 1 fully saturated rings. The molecule has 0 radical (unpaired) electrons. The molecule has 0 bridgehead atoms. The molecule has 1 rings (SSSR count). The Hall–Kier alpha value is -0.460. The van der Waals surface area contributed by atoms with Gasteiger partial charge >= 0.3 is 0 Å². The molecule has 0 spiro atoms. The van der Waals surface area contributed by atoms with E-state index < -0.39 is 0 Å². The van der Waals surface area contributed by atoms with Crippen LogP contribution in [-0.2, 0) is 0 Å². The molecule has 1 heteroatoms. The third-order valence-corrected chi connectivity index (χ3v) is 2.36. The molecule has 2 N–H and O–H groups in total. The van der Waals surface area contributed by atoms with Gasteiger partial charge in [0.2, 0.25) is 0 Å². The van der Waals surface area contributed by atoms with Gasteiger partial charge in [-0.1, -0.05) is 57.9 Å². The highest BCUT2D eigenvalue weighted by atomic mass is 14.5. The van der Waals surface area contributed by atoms with Crippen LogP contribution in [0.4, 0.5) is 0 Å². The van der Waals surface area contributed by atoms with Crippen molar-refractivity contribution in [3.05, 3.63) is 12.3 Å². The van der Waals surface area contributed by atoms with Gasteiger partial charge in [-0.3, -0.25) is 0 Å². The molecule has 0 aromatic heterocycles. The topological polar surface area (TPSA) is 26.0 Å². The van der Waals surface area contributed by atoms with Crippen molar-refractivity contribution in [2.75, 3.05) is 0 Å². The largest absolute Gasteiger partial charge is 0.405 e. The van der Waals surface area contributed by atoms with Crippen molar-refractivity contribution < 1.29 is 0 Å². The van der Waals surface area contributed by atoms with Crippen LogP contribution >= 0.6 is 0 Å². The second-order valence-corrected chi connectivity index (χ2v) is 3.69. The van der Waals surface area contributed by atoms with E-state index in [2.05, 4.69) is 6.92 Å². The van der Waals surface area contributed by atoms with E-state index >= 15 is 0 Å². The van der Waals surface area contributed by atoms with E-state index in [1.54, 1.807) is 6.20 Å². The molecule has 0 saturated heterocycles. The summed E-state index contributed by atoms with van der Waals surface area (Å²) in [4.78, 5) is 0. The van der Waals surface area contributed by atoms with Gasteiger partial charge in [0.1, 0.15) is 0 Å². The van der Waals surface area contributed by atoms with Gasteiger partial charge in [0, 0.05) is 0 Å². The summed E-state index contributed by atoms with van der Waals surface area (Å²) >= 11 is 0. The smallest absolute Gasteiger partial charge is 0.0103 e. The lowest BCUT2D eigenvalue weighted by molar-refractivity contribution is 0.729. The fraction of sp³-hybridized carbons (Fsp3) is 0.833. The van der Waals surface area contributed by atoms with E-state index in [0.717, 1.165) is 6.42 Å². The van der Waals surface area contributed by atoms with Crippen LogP contribution in [0, 0.1) is 0 Å². The minimum Gasteiger partial charge on any atom is -0.405 e. The van der Waals surface area contributed by atoms with Crippen LogP contribution in [0.25, 0.3) is 0 Å². The predicted molar refractivity (Wildman–Crippen MR) is 60.6 cm³/mol. The third-order valence-electron chi connectivity index (χ3n) is 2.36. The van der Waals surface area contributed by atoms with E-state index in [1.807, 2.05) is 6.08 Å². The molecule has 0 amide bonds. The van der Waals surface area contributed by atoms with Crippen LogP contribution in [0.3, 0.4) is 0 Å². The highest BCUT2D eigenvalue weighted by molar-refractivity contribution is 4.74. The van der Waals surface area contributed by atoms with Gasteiger partial charge in [-0.25, -0.2) is 0 Å². The van der Waals surface area contributed by atoms with Crippen molar-refractivity contribution >= 4 is 0 Å². The van der Waals surface area contributed by atoms with Crippen LogP contribution < -0.4 is 5.73 Å². The van der Waals surface area contributed by atoms with Crippen LogP contribution in [-0.4, -0.2) is 0 Å². The molecule has 1 nitrogen and oxygen atoms in total. The molecule has 1 aliphatic carbocycles. The molecule has 13 heavy (non-hydrogen) atoms. The van der Waals surface area contributed by atoms with E-state index in [9.17, 15) is 0 Å². The van der Waals surface area contributed by atoms with Crippen LogP contribution in [0.2, 0.25) is 0 Å². The minimum atomic E-state index is 1.14. The summed E-state index contributed by atoms with van der Waals surface area (Å²) in [6.07, 6.45) is 16.2. The lowest BCUT2D eigenvalue weighted by atomic mass is 10.2. The quantitative estimate of drug-likeness (QED) is 0.655. The highest BCUT2D eigenvalue weighted by Gasteiger charge is 1.95. The minimum absolute atomic E-state index is 1.14. The molecule has 0 aromatic rings. The molecular formula is C12H25N. The fourth-order valence-electron chi connectivity index (χ4n) is 1.49. The molecule has 78 valence electrons. The first kappa shape index (κ1) is 12.5. The highest BCUT2D eigenvalue weighted by Crippen LogP contribution is 2.15. The van der Waals surface area contributed by atoms with Crippen molar-refractivity contribution in [3.8, 4) is 0 Å². The summed E-state index contributed by atoms with van der Waals surface area (Å²) in [7, 11) is 0. The number of allylic oxidation sites excluding steroid dienone is 1. The Morgan fingerprint density at radius 1 is 1.00 bits per heavy atom. The second-order valence-electron chi connectivity index (χ2n) is 3.69. The van der Waals surface area contributed by atoms with Gasteiger partial charge in [-0.2, -0.15) is 0 Å². The van der Waals surface area contributed by atoms with Gasteiger partial charge in [0.15, 0.2) is 0 Å². The predicted octanol–water partition coefficient (Wildman–Crippen LogP) is 3.99. The van der Waals surface area contributed by atoms with Gasteiger partial charge in [0.25, 0.3) is 0 Å². The maximum atomic E-state index is 5.13. The monoisotopic (exact) mass is 183 g/mol. The Morgan fingerprint density at radius 3 is 1.92 bits per heavy atom. The Balaban J connectivity index is 0.000000243. The first-order chi connectivity index (χ1) is 6.41. The first-order valence-corrected chi connectivity index (χ1v) is 5.78. The van der Waals surface area contributed by atoms with Crippen molar-refractivity contribution in [2.45, 2.75) is 64.7 Å². The Labute approximate surface area is 83.4 Å². The Morgan fingerprint density at radius 2 is 1.54 bits per heavy atom. The molecule has 0 aromatic carbocycles. The Kier molecular flexibility index (Phi) is 11.1. The molecule has 0 unspecified atom stereocenters. The number of hydrogen-bond donors (Lipinski definition) is 1. The summed E-state index contributed by atoms with van der Waals surface area (Å²) in [5.41, 5.74) is 5.13. The van der Waals surface area contributed by atoms with E-state index in [4.69, 9.17) is 5.73 Å². The zero-order chi connectivity index (χ0) is 9.78. The van der Waals surface area contributed by atoms with Crippen molar-refractivity contribution in [3.63, 3.8) is 0 Å². The summed E-state index contributed by atoms with van der Waals surface area (Å²) in [5, 5.41) is 0. The maximum Gasteiger partial charge on any atom is -0.0103 e. The molecular weight excluding hydrogens is 158 g/mol. The first-order valence-electron chi connectivity index (χ1n) is 5.78. The number of unbranched alkanes of at least 4 members (excludes halogenated alkanes) is 3. The van der Waals surface area contributed by atoms with Crippen LogP contribution in [0.5, 0.6) is 0 Å². The SMILES string of the molecule is C1CCCC1.CCCCCC=CN. The zero-order valence-corrected chi connectivity index (χ0v) is 9.10. The summed E-state index contributed by atoms with van der Waals surface area (Å²) in [6, 6.07) is 0. The van der Waals surface area contributed by atoms with Crippen molar-refractivity contribution in [1.29, 1.82) is 0 Å². The lowest BCUT2D eigenvalue weighted by Gasteiger charge is -1.88. The third kappa shape index (κ3) is 11.5. The van der Waals surface area contributed by atoms with E-state index in [0.29, 0.717) is 0 Å². The fourth-order valence-corrected chi connectivity index (χ4v) is 1.49. The molecule has 1 aliphatic rings. The summed E-state index contributed by atoms with van der Waals surface area (Å²) in [5.74, 6) is 0. The second kappa shape index (κ2) is 11.5. The average Bonchev–Trinajstić information content (AvgIpc) is 2.70. The summed E-state index contributed by atoms with van der Waals surface area (Å²) < 4.78 is 0. The number of rotatable bonds is 4. The van der Waals surface area contributed by atoms with Crippen molar-refractivity contribution in [2.24, 2.45) is 5.73 Å². The normalized spacial score (nSPS) is 15.8. The van der Waals surface area contributed by atoms with Crippen LogP contribution in [0.15, 0.2) is 12.3 Å². The standard InChI is InChI=1S/C7H15N.C5H10/c1-2-3-4-5-6-7-8;1-2-4-5-3-1/h6-7H,2-5,8H2,1H3;1-5H2. The zero-order valence-electron chi connectivity index (χ0n) is 9.10. The van der Waals surface area contributed by atoms with Gasteiger partial charge < -0.3 is 5.73 Å². The number of hydrogen-bond acceptors (Lipinski definition) is 1. The number of nitrogens with two attached hydrogens (primary N) is 1. The van der Waals surface area contributed by atoms with Gasteiger partial charge in [-0.15, -0.1) is 0 Å². The Bertz CT molecular complexity index is 96.1. The van der Waals surface area contributed by atoms with Crippen molar-refractivity contribution in [1.82, 2.24) is 0 Å².